The molecule has 14 heavy (non-hydrogen) atoms. The predicted octanol–water partition coefficient (Wildman–Crippen LogP) is 3.51. The lowest BCUT2D eigenvalue weighted by molar-refractivity contribution is 0.151. The molecule has 2 rings (SSSR count). The minimum atomic E-state index is -2.39. The molecule has 0 spiro atoms. The van der Waals surface area contributed by atoms with E-state index in [1.807, 2.05) is 0 Å². The van der Waals surface area contributed by atoms with Gasteiger partial charge >= 0.3 is 0 Å². The molecule has 0 N–H and O–H groups in total. The fourth-order valence-electron chi connectivity index (χ4n) is 1.60. The van der Waals surface area contributed by atoms with E-state index in [2.05, 4.69) is 0 Å². The minimum absolute atomic E-state index is 0.0905. The summed E-state index contributed by atoms with van der Waals surface area (Å²) < 4.78 is 30.0. The molecule has 1 aliphatic rings. The van der Waals surface area contributed by atoms with Crippen molar-refractivity contribution >= 4 is 0 Å². The quantitative estimate of drug-likeness (QED) is 0.722. The molecule has 0 saturated heterocycles. The molecule has 0 atom stereocenters. The van der Waals surface area contributed by atoms with Gasteiger partial charge in [-0.1, -0.05) is 0 Å². The van der Waals surface area contributed by atoms with E-state index in [-0.39, 0.29) is 5.56 Å². The minimum Gasteiger partial charge on any atom is -0.496 e. The Balaban J connectivity index is 2.36. The van der Waals surface area contributed by atoms with Crippen LogP contribution < -0.4 is 4.74 Å². The second-order valence-corrected chi connectivity index (χ2v) is 3.58. The Kier molecular flexibility index (Phi) is 2.40. The van der Waals surface area contributed by atoms with Gasteiger partial charge in [-0.25, -0.2) is 8.78 Å². The van der Waals surface area contributed by atoms with Gasteiger partial charge in [-0.3, -0.25) is 0 Å². The molecule has 1 fully saturated rings. The highest BCUT2D eigenvalue weighted by Crippen LogP contribution is 2.45. The Morgan fingerprint density at radius 2 is 2.07 bits per heavy atom. The summed E-state index contributed by atoms with van der Waals surface area (Å²) in [5.41, 5.74) is 1.03. The van der Waals surface area contributed by atoms with Crippen molar-refractivity contribution in [2.75, 3.05) is 7.11 Å². The maximum Gasteiger partial charge on any atom is 0.263 e. The highest BCUT2D eigenvalue weighted by Gasteiger charge is 2.27. The van der Waals surface area contributed by atoms with Crippen LogP contribution in [0.2, 0.25) is 0 Å². The van der Waals surface area contributed by atoms with Gasteiger partial charge in [0, 0.05) is 5.56 Å². The Bertz CT molecular complexity index is 332. The van der Waals surface area contributed by atoms with Crippen molar-refractivity contribution in [1.82, 2.24) is 0 Å². The summed E-state index contributed by atoms with van der Waals surface area (Å²) in [6, 6.07) is 4.63. The first kappa shape index (κ1) is 9.44. The normalized spacial score (nSPS) is 16.0. The molecular weight excluding hydrogens is 186 g/mol. The number of halogens is 2. The zero-order valence-electron chi connectivity index (χ0n) is 7.97. The van der Waals surface area contributed by atoms with Crippen molar-refractivity contribution in [3.63, 3.8) is 0 Å². The summed E-state index contributed by atoms with van der Waals surface area (Å²) in [7, 11) is 1.57. The van der Waals surface area contributed by atoms with Crippen LogP contribution >= 0.6 is 0 Å². The monoisotopic (exact) mass is 198 g/mol. The zero-order valence-corrected chi connectivity index (χ0v) is 7.97. The van der Waals surface area contributed by atoms with Crippen LogP contribution in [-0.4, -0.2) is 7.11 Å². The van der Waals surface area contributed by atoms with Gasteiger partial charge in [0.25, 0.3) is 6.43 Å². The van der Waals surface area contributed by atoms with Crippen LogP contribution in [-0.2, 0) is 0 Å². The van der Waals surface area contributed by atoms with E-state index in [9.17, 15) is 8.78 Å². The average molecular weight is 198 g/mol. The standard InChI is InChI=1S/C11H12F2O/c1-14-10-5-4-8(11(12)13)6-9(10)7-2-3-7/h4-7,11H,2-3H2,1H3. The summed E-state index contributed by atoms with van der Waals surface area (Å²) in [4.78, 5) is 0. The van der Waals surface area contributed by atoms with Gasteiger partial charge in [-0.15, -0.1) is 0 Å². The second-order valence-electron chi connectivity index (χ2n) is 3.58. The number of hydrogen-bond acceptors (Lipinski definition) is 1. The van der Waals surface area contributed by atoms with Crippen molar-refractivity contribution in [3.05, 3.63) is 29.3 Å². The van der Waals surface area contributed by atoms with Gasteiger partial charge in [0.15, 0.2) is 0 Å². The first-order valence-electron chi connectivity index (χ1n) is 4.68. The van der Waals surface area contributed by atoms with E-state index in [1.165, 1.54) is 6.07 Å². The first-order valence-corrected chi connectivity index (χ1v) is 4.68. The van der Waals surface area contributed by atoms with Crippen LogP contribution in [0.15, 0.2) is 18.2 Å². The van der Waals surface area contributed by atoms with Gasteiger partial charge in [-0.05, 0) is 42.5 Å². The van der Waals surface area contributed by atoms with Crippen LogP contribution in [0, 0.1) is 0 Å². The topological polar surface area (TPSA) is 9.23 Å². The average Bonchev–Trinajstić information content (AvgIpc) is 3.00. The lowest BCUT2D eigenvalue weighted by Crippen LogP contribution is -1.93. The van der Waals surface area contributed by atoms with E-state index < -0.39 is 6.43 Å². The third-order valence-corrected chi connectivity index (χ3v) is 2.52. The molecule has 1 aromatic carbocycles. The fraction of sp³-hybridized carbons (Fsp3) is 0.455. The number of methoxy groups -OCH3 is 1. The molecule has 0 aromatic heterocycles. The van der Waals surface area contributed by atoms with Gasteiger partial charge in [0.1, 0.15) is 5.75 Å². The van der Waals surface area contributed by atoms with Gasteiger partial charge < -0.3 is 4.74 Å². The molecule has 1 saturated carbocycles. The van der Waals surface area contributed by atoms with Crippen molar-refractivity contribution in [2.24, 2.45) is 0 Å². The van der Waals surface area contributed by atoms with Crippen LogP contribution in [0.1, 0.15) is 36.3 Å². The summed E-state index contributed by atoms with van der Waals surface area (Å²) in [5.74, 6) is 1.17. The van der Waals surface area contributed by atoms with E-state index in [1.54, 1.807) is 19.2 Å². The largest absolute Gasteiger partial charge is 0.496 e. The summed E-state index contributed by atoms with van der Waals surface area (Å²) in [6.45, 7) is 0. The molecule has 76 valence electrons. The van der Waals surface area contributed by atoms with Crippen molar-refractivity contribution < 1.29 is 13.5 Å². The van der Waals surface area contributed by atoms with E-state index in [0.29, 0.717) is 5.92 Å². The SMILES string of the molecule is COc1ccc(C(F)F)cc1C1CC1. The van der Waals surface area contributed by atoms with Crippen molar-refractivity contribution in [2.45, 2.75) is 25.2 Å². The van der Waals surface area contributed by atoms with E-state index >= 15 is 0 Å². The lowest BCUT2D eigenvalue weighted by atomic mass is 10.1. The molecule has 1 aliphatic carbocycles. The Labute approximate surface area is 81.7 Å². The number of rotatable bonds is 3. The van der Waals surface area contributed by atoms with Crippen LogP contribution in [0.4, 0.5) is 8.78 Å². The molecule has 3 heteroatoms. The summed E-state index contributed by atoms with van der Waals surface area (Å²) in [5, 5.41) is 0. The molecule has 0 heterocycles. The third kappa shape index (κ3) is 1.72. The molecule has 0 unspecified atom stereocenters. The zero-order chi connectivity index (χ0) is 10.1. The predicted molar refractivity (Wildman–Crippen MR) is 49.9 cm³/mol. The van der Waals surface area contributed by atoms with Gasteiger partial charge in [0.05, 0.1) is 7.11 Å². The molecule has 0 radical (unpaired) electrons. The smallest absolute Gasteiger partial charge is 0.263 e. The maximum absolute atomic E-state index is 12.4. The Morgan fingerprint density at radius 3 is 2.57 bits per heavy atom. The molecule has 0 amide bonds. The maximum atomic E-state index is 12.4. The third-order valence-electron chi connectivity index (χ3n) is 2.52. The molecule has 1 aromatic rings. The Hall–Kier alpha value is -1.12. The fourth-order valence-corrected chi connectivity index (χ4v) is 1.60. The highest BCUT2D eigenvalue weighted by molar-refractivity contribution is 5.42. The first-order chi connectivity index (χ1) is 6.72. The number of alkyl halides is 2. The van der Waals surface area contributed by atoms with Crippen LogP contribution in [0.5, 0.6) is 5.75 Å². The van der Waals surface area contributed by atoms with E-state index in [0.717, 1.165) is 24.2 Å². The van der Waals surface area contributed by atoms with E-state index in [4.69, 9.17) is 4.74 Å². The summed E-state index contributed by atoms with van der Waals surface area (Å²) in [6.07, 6.45) is -0.218. The number of ether oxygens (including phenoxy) is 1. The van der Waals surface area contributed by atoms with Crippen LogP contribution in [0.3, 0.4) is 0 Å². The molecule has 1 nitrogen and oxygen atoms in total. The van der Waals surface area contributed by atoms with Crippen molar-refractivity contribution in [3.8, 4) is 5.75 Å². The molecular formula is C11H12F2O. The highest BCUT2D eigenvalue weighted by atomic mass is 19.3. The number of hydrogen-bond donors (Lipinski definition) is 0. The van der Waals surface area contributed by atoms with Crippen LogP contribution in [0.25, 0.3) is 0 Å². The van der Waals surface area contributed by atoms with Gasteiger partial charge in [0.2, 0.25) is 0 Å². The lowest BCUT2D eigenvalue weighted by Gasteiger charge is -2.09. The summed E-state index contributed by atoms with van der Waals surface area (Å²) >= 11 is 0. The molecule has 0 aliphatic heterocycles. The Morgan fingerprint density at radius 1 is 1.36 bits per heavy atom. The molecule has 0 bridgehead atoms. The van der Waals surface area contributed by atoms with Gasteiger partial charge in [-0.2, -0.15) is 0 Å². The second kappa shape index (κ2) is 3.56. The van der Waals surface area contributed by atoms with Crippen molar-refractivity contribution in [1.29, 1.82) is 0 Å². The number of benzene rings is 1.